The van der Waals surface area contributed by atoms with E-state index in [4.69, 9.17) is 0 Å². The number of hydrogen-bond acceptors (Lipinski definition) is 2. The minimum Gasteiger partial charge on any atom is -0.478 e. The molecule has 5 heteroatoms. The second kappa shape index (κ2) is 7.76. The fourth-order valence-electron chi connectivity index (χ4n) is 4.57. The molecule has 3 aromatic carbocycles. The van der Waals surface area contributed by atoms with Crippen LogP contribution >= 0.6 is 0 Å². The summed E-state index contributed by atoms with van der Waals surface area (Å²) in [5, 5.41) is 10.7. The van der Waals surface area contributed by atoms with Gasteiger partial charge in [-0.1, -0.05) is 60.7 Å². The molecule has 4 aromatic rings. The molecule has 0 atom stereocenters. The first-order valence-electron chi connectivity index (χ1n) is 10.4. The van der Waals surface area contributed by atoms with Crippen LogP contribution in [0.2, 0.25) is 0 Å². The number of carbonyl (C=O) groups is 2. The number of nitrogens with zero attached hydrogens (tertiary/aromatic N) is 2. The number of aryl methyl sites for hydroxylation is 2. The first kappa shape index (κ1) is 19.1. The third-order valence-electron chi connectivity index (χ3n) is 5.99. The zero-order valence-corrected chi connectivity index (χ0v) is 17.0. The standard InChI is InChI=1S/C26H22N2O3/c29-25-24-21(15-17-27(25)19-10-5-2-6-11-19)20-12-7-13-22(26(30)31)23(20)28(24)16-14-18-8-3-1-4-9-18/h1-13H,14-17H2,(H,30,31). The van der Waals surface area contributed by atoms with Crippen LogP contribution in [0.5, 0.6) is 0 Å². The normalized spacial score (nSPS) is 13.4. The molecule has 1 aliphatic heterocycles. The van der Waals surface area contributed by atoms with Crippen LogP contribution in [0.4, 0.5) is 5.69 Å². The SMILES string of the molecule is O=C(O)c1cccc2c3c(n(CCc4ccccc4)c12)C(=O)N(c1ccccc1)CC3. The van der Waals surface area contributed by atoms with E-state index in [-0.39, 0.29) is 11.5 Å². The van der Waals surface area contributed by atoms with Crippen molar-refractivity contribution in [1.29, 1.82) is 0 Å². The van der Waals surface area contributed by atoms with E-state index in [1.807, 2.05) is 71.3 Å². The predicted molar refractivity (Wildman–Crippen MR) is 121 cm³/mol. The summed E-state index contributed by atoms with van der Waals surface area (Å²) in [6.45, 7) is 1.11. The summed E-state index contributed by atoms with van der Waals surface area (Å²) in [6, 6.07) is 25.0. The Morgan fingerprint density at radius 2 is 1.61 bits per heavy atom. The highest BCUT2D eigenvalue weighted by atomic mass is 16.4. The fourth-order valence-corrected chi connectivity index (χ4v) is 4.57. The van der Waals surface area contributed by atoms with Gasteiger partial charge in [0.25, 0.3) is 5.91 Å². The number of anilines is 1. The summed E-state index contributed by atoms with van der Waals surface area (Å²) >= 11 is 0. The number of carboxylic acid groups (broad SMARTS) is 1. The van der Waals surface area contributed by atoms with Gasteiger partial charge in [-0.15, -0.1) is 0 Å². The summed E-state index contributed by atoms with van der Waals surface area (Å²) in [5.41, 5.74) is 4.43. The van der Waals surface area contributed by atoms with E-state index in [0.29, 0.717) is 37.1 Å². The largest absolute Gasteiger partial charge is 0.478 e. The van der Waals surface area contributed by atoms with Crippen LogP contribution < -0.4 is 4.90 Å². The number of rotatable bonds is 5. The van der Waals surface area contributed by atoms with Crippen molar-refractivity contribution in [2.24, 2.45) is 0 Å². The number of benzene rings is 3. The summed E-state index contributed by atoms with van der Waals surface area (Å²) in [6.07, 6.45) is 1.40. The number of hydrogen-bond donors (Lipinski definition) is 1. The quantitative estimate of drug-likeness (QED) is 0.515. The van der Waals surface area contributed by atoms with E-state index in [1.54, 1.807) is 17.0 Å². The highest BCUT2D eigenvalue weighted by Crippen LogP contribution is 2.34. The van der Waals surface area contributed by atoms with Gasteiger partial charge in [-0.05, 0) is 42.2 Å². The van der Waals surface area contributed by atoms with Crippen molar-refractivity contribution in [3.05, 3.63) is 101 Å². The number of carbonyl (C=O) groups excluding carboxylic acids is 1. The second-order valence-electron chi connectivity index (χ2n) is 7.76. The molecule has 0 aliphatic carbocycles. The maximum Gasteiger partial charge on any atom is 0.337 e. The number of carboxylic acids is 1. The van der Waals surface area contributed by atoms with Gasteiger partial charge >= 0.3 is 5.97 Å². The number of aromatic carboxylic acids is 1. The molecule has 1 amide bonds. The van der Waals surface area contributed by atoms with Crippen molar-refractivity contribution in [2.45, 2.75) is 19.4 Å². The van der Waals surface area contributed by atoms with Crippen LogP contribution in [0, 0.1) is 0 Å². The Balaban J connectivity index is 1.67. The lowest BCUT2D eigenvalue weighted by molar-refractivity contribution is 0.0698. The Labute approximate surface area is 180 Å². The fraction of sp³-hybridized carbons (Fsp3) is 0.154. The molecule has 0 spiro atoms. The Hall–Kier alpha value is -3.86. The molecule has 0 unspecified atom stereocenters. The number of fused-ring (bicyclic) bond motifs is 3. The molecular formula is C26H22N2O3. The van der Waals surface area contributed by atoms with Crippen LogP contribution in [0.25, 0.3) is 10.9 Å². The summed E-state index contributed by atoms with van der Waals surface area (Å²) in [7, 11) is 0. The van der Waals surface area contributed by atoms with Gasteiger partial charge in [-0.3, -0.25) is 4.79 Å². The number of aromatic nitrogens is 1. The van der Waals surface area contributed by atoms with E-state index in [1.165, 1.54) is 0 Å². The summed E-state index contributed by atoms with van der Waals surface area (Å²) in [4.78, 5) is 27.5. The molecule has 0 radical (unpaired) electrons. The molecule has 0 saturated heterocycles. The van der Waals surface area contributed by atoms with Crippen molar-refractivity contribution in [3.63, 3.8) is 0 Å². The predicted octanol–water partition coefficient (Wildman–Crippen LogP) is 4.79. The van der Waals surface area contributed by atoms with Gasteiger partial charge in [0, 0.05) is 24.2 Å². The maximum atomic E-state index is 13.7. The van der Waals surface area contributed by atoms with E-state index in [2.05, 4.69) is 0 Å². The number of para-hydroxylation sites is 2. The molecule has 1 N–H and O–H groups in total. The van der Waals surface area contributed by atoms with Crippen LogP contribution in [-0.4, -0.2) is 28.1 Å². The average molecular weight is 410 g/mol. The molecule has 0 fully saturated rings. The van der Waals surface area contributed by atoms with E-state index >= 15 is 0 Å². The highest BCUT2D eigenvalue weighted by Gasteiger charge is 2.33. The monoisotopic (exact) mass is 410 g/mol. The highest BCUT2D eigenvalue weighted by molar-refractivity contribution is 6.13. The van der Waals surface area contributed by atoms with Crippen molar-refractivity contribution in [2.75, 3.05) is 11.4 Å². The molecule has 0 bridgehead atoms. The lowest BCUT2D eigenvalue weighted by Gasteiger charge is -2.28. The Morgan fingerprint density at radius 1 is 0.903 bits per heavy atom. The first-order valence-corrected chi connectivity index (χ1v) is 10.4. The summed E-state index contributed by atoms with van der Waals surface area (Å²) < 4.78 is 1.93. The third kappa shape index (κ3) is 3.28. The molecule has 0 saturated carbocycles. The Bertz CT molecular complexity index is 1280. The lowest BCUT2D eigenvalue weighted by Crippen LogP contribution is -2.38. The van der Waals surface area contributed by atoms with E-state index in [9.17, 15) is 14.7 Å². The minimum absolute atomic E-state index is 0.0759. The molecule has 1 aliphatic rings. The molecule has 5 rings (SSSR count). The van der Waals surface area contributed by atoms with Crippen LogP contribution in [0.3, 0.4) is 0 Å². The molecular weight excluding hydrogens is 388 g/mol. The Morgan fingerprint density at radius 3 is 2.32 bits per heavy atom. The van der Waals surface area contributed by atoms with E-state index in [0.717, 1.165) is 22.2 Å². The minimum atomic E-state index is -0.978. The first-order chi connectivity index (χ1) is 15.1. The van der Waals surface area contributed by atoms with Crippen LogP contribution in [0.15, 0.2) is 78.9 Å². The summed E-state index contributed by atoms with van der Waals surface area (Å²) in [5.74, 6) is -1.05. The molecule has 154 valence electrons. The topological polar surface area (TPSA) is 62.5 Å². The maximum absolute atomic E-state index is 13.7. The van der Waals surface area contributed by atoms with Crippen molar-refractivity contribution < 1.29 is 14.7 Å². The molecule has 5 nitrogen and oxygen atoms in total. The van der Waals surface area contributed by atoms with Crippen molar-refractivity contribution >= 4 is 28.5 Å². The second-order valence-corrected chi connectivity index (χ2v) is 7.76. The molecule has 2 heterocycles. The van der Waals surface area contributed by atoms with Crippen molar-refractivity contribution in [3.8, 4) is 0 Å². The lowest BCUT2D eigenvalue weighted by atomic mass is 10.0. The van der Waals surface area contributed by atoms with Crippen LogP contribution in [-0.2, 0) is 19.4 Å². The Kier molecular flexibility index (Phi) is 4.79. The third-order valence-corrected chi connectivity index (χ3v) is 5.99. The van der Waals surface area contributed by atoms with Gasteiger partial charge in [-0.2, -0.15) is 0 Å². The van der Waals surface area contributed by atoms with Gasteiger partial charge < -0.3 is 14.6 Å². The van der Waals surface area contributed by atoms with E-state index < -0.39 is 5.97 Å². The zero-order chi connectivity index (χ0) is 21.4. The van der Waals surface area contributed by atoms with Gasteiger partial charge in [0.15, 0.2) is 0 Å². The van der Waals surface area contributed by atoms with Crippen LogP contribution in [0.1, 0.15) is 32.0 Å². The zero-order valence-electron chi connectivity index (χ0n) is 17.0. The number of amides is 1. The van der Waals surface area contributed by atoms with Gasteiger partial charge in [0.1, 0.15) is 5.69 Å². The average Bonchev–Trinajstić information content (AvgIpc) is 3.13. The smallest absolute Gasteiger partial charge is 0.337 e. The molecule has 31 heavy (non-hydrogen) atoms. The van der Waals surface area contributed by atoms with Gasteiger partial charge in [0.05, 0.1) is 11.1 Å². The van der Waals surface area contributed by atoms with Crippen molar-refractivity contribution in [1.82, 2.24) is 4.57 Å². The molecule has 1 aromatic heterocycles. The van der Waals surface area contributed by atoms with Gasteiger partial charge in [0.2, 0.25) is 0 Å². The van der Waals surface area contributed by atoms with Gasteiger partial charge in [-0.25, -0.2) is 4.79 Å².